The molecule has 1 N–H and O–H groups in total. The molecule has 0 bridgehead atoms. The van der Waals surface area contributed by atoms with Gasteiger partial charge in [-0.25, -0.2) is 0 Å². The number of carbonyl (C=O) groups excluding carboxylic acids is 2. The Balaban J connectivity index is 2.41. The lowest BCUT2D eigenvalue weighted by molar-refractivity contribution is -0.385. The average Bonchev–Trinajstić information content (AvgIpc) is 2.55. The molecule has 0 saturated carbocycles. The molecule has 2 aromatic rings. The van der Waals surface area contributed by atoms with E-state index < -0.39 is 10.8 Å². The van der Waals surface area contributed by atoms with Crippen molar-refractivity contribution >= 4 is 33.8 Å². The van der Waals surface area contributed by atoms with Gasteiger partial charge in [-0.1, -0.05) is 15.9 Å². The van der Waals surface area contributed by atoms with E-state index in [1.807, 2.05) is 0 Å². The third-order valence-electron chi connectivity index (χ3n) is 2.97. The fourth-order valence-corrected chi connectivity index (χ4v) is 2.17. The maximum atomic E-state index is 11.6. The second-order valence-corrected chi connectivity index (χ2v) is 5.28. The van der Waals surface area contributed by atoms with E-state index in [-0.39, 0.29) is 22.7 Å². The van der Waals surface area contributed by atoms with Gasteiger partial charge in [-0.3, -0.25) is 19.7 Å². The van der Waals surface area contributed by atoms with Gasteiger partial charge in [0.2, 0.25) is 5.75 Å². The summed E-state index contributed by atoms with van der Waals surface area (Å²) in [7, 11) is 1.43. The molecule has 0 unspecified atom stereocenters. The van der Waals surface area contributed by atoms with Crippen LogP contribution in [0.3, 0.4) is 0 Å². The van der Waals surface area contributed by atoms with Gasteiger partial charge in [0.15, 0.2) is 6.29 Å². The van der Waals surface area contributed by atoms with E-state index in [1.54, 1.807) is 12.1 Å². The summed E-state index contributed by atoms with van der Waals surface area (Å²) in [6, 6.07) is 8.50. The van der Waals surface area contributed by atoms with Gasteiger partial charge in [-0.2, -0.15) is 0 Å². The summed E-state index contributed by atoms with van der Waals surface area (Å²) in [6.45, 7) is 0. The average molecular weight is 379 g/mol. The normalized spacial score (nSPS) is 10.0. The second kappa shape index (κ2) is 7.01. The number of nitro groups is 1. The van der Waals surface area contributed by atoms with Crippen molar-refractivity contribution in [2.24, 2.45) is 0 Å². The maximum Gasteiger partial charge on any atom is 0.312 e. The molecule has 0 spiro atoms. The van der Waals surface area contributed by atoms with E-state index in [0.29, 0.717) is 16.3 Å². The fourth-order valence-electron chi connectivity index (χ4n) is 1.83. The van der Waals surface area contributed by atoms with E-state index in [9.17, 15) is 19.7 Å². The van der Waals surface area contributed by atoms with Crippen LogP contribution in [0.25, 0.3) is 0 Å². The van der Waals surface area contributed by atoms with E-state index in [4.69, 9.17) is 4.74 Å². The highest BCUT2D eigenvalue weighted by atomic mass is 79.9. The van der Waals surface area contributed by atoms with Crippen LogP contribution in [-0.2, 0) is 0 Å². The second-order valence-electron chi connectivity index (χ2n) is 4.42. The van der Waals surface area contributed by atoms with Gasteiger partial charge < -0.3 is 10.1 Å². The number of amides is 1. The molecule has 0 atom stereocenters. The van der Waals surface area contributed by atoms with Crippen LogP contribution in [0.4, 0.5) is 5.69 Å². The minimum Gasteiger partial charge on any atom is -0.450 e. The van der Waals surface area contributed by atoms with Crippen molar-refractivity contribution in [3.05, 3.63) is 62.1 Å². The summed E-state index contributed by atoms with van der Waals surface area (Å²) in [4.78, 5) is 33.0. The molecule has 0 aromatic heterocycles. The van der Waals surface area contributed by atoms with Crippen LogP contribution in [0.5, 0.6) is 11.5 Å². The molecule has 7 nitrogen and oxygen atoms in total. The highest BCUT2D eigenvalue weighted by Crippen LogP contribution is 2.33. The largest absolute Gasteiger partial charge is 0.450 e. The highest BCUT2D eigenvalue weighted by Gasteiger charge is 2.19. The van der Waals surface area contributed by atoms with Gasteiger partial charge in [0, 0.05) is 28.7 Å². The van der Waals surface area contributed by atoms with E-state index >= 15 is 0 Å². The zero-order chi connectivity index (χ0) is 17.0. The van der Waals surface area contributed by atoms with Crippen LogP contribution in [0.15, 0.2) is 40.9 Å². The first kappa shape index (κ1) is 16.6. The number of nitro benzene ring substituents is 1. The van der Waals surface area contributed by atoms with Crippen LogP contribution < -0.4 is 10.1 Å². The van der Waals surface area contributed by atoms with Crippen LogP contribution in [0, 0.1) is 10.1 Å². The molecule has 0 aliphatic carbocycles. The van der Waals surface area contributed by atoms with Crippen molar-refractivity contribution in [1.29, 1.82) is 0 Å². The minimum atomic E-state index is -0.638. The molecule has 2 aromatic carbocycles. The van der Waals surface area contributed by atoms with E-state index in [1.165, 1.54) is 25.2 Å². The number of ether oxygens (including phenoxy) is 1. The monoisotopic (exact) mass is 378 g/mol. The summed E-state index contributed by atoms with van der Waals surface area (Å²) in [5, 5.41) is 13.6. The SMILES string of the molecule is CNC(=O)c1ccc(Oc2ccc(Br)c(C=O)c2)c([N+](=O)[O-])c1. The number of nitrogens with one attached hydrogen (secondary N) is 1. The first-order valence-electron chi connectivity index (χ1n) is 6.39. The molecular weight excluding hydrogens is 368 g/mol. The molecule has 0 saturated heterocycles. The van der Waals surface area contributed by atoms with E-state index in [0.717, 1.165) is 6.07 Å². The molecule has 8 heteroatoms. The number of halogens is 1. The summed E-state index contributed by atoms with van der Waals surface area (Å²) in [5.74, 6) is -0.195. The highest BCUT2D eigenvalue weighted by molar-refractivity contribution is 9.10. The molecule has 1 amide bonds. The van der Waals surface area contributed by atoms with Crippen molar-refractivity contribution in [3.63, 3.8) is 0 Å². The predicted octanol–water partition coefficient (Wildman–Crippen LogP) is 3.32. The Kier molecular flexibility index (Phi) is 5.07. The lowest BCUT2D eigenvalue weighted by atomic mass is 10.1. The van der Waals surface area contributed by atoms with Gasteiger partial charge in [0.05, 0.1) is 4.92 Å². The fraction of sp³-hybridized carbons (Fsp3) is 0.0667. The lowest BCUT2D eigenvalue weighted by Gasteiger charge is -2.08. The van der Waals surface area contributed by atoms with Crippen molar-refractivity contribution in [2.45, 2.75) is 0 Å². The molecule has 2 rings (SSSR count). The molecule has 23 heavy (non-hydrogen) atoms. The zero-order valence-corrected chi connectivity index (χ0v) is 13.5. The Labute approximate surface area is 139 Å². The van der Waals surface area contributed by atoms with E-state index in [2.05, 4.69) is 21.2 Å². The first-order chi connectivity index (χ1) is 11.0. The van der Waals surface area contributed by atoms with Crippen molar-refractivity contribution in [2.75, 3.05) is 7.05 Å². The number of hydrogen-bond acceptors (Lipinski definition) is 5. The summed E-state index contributed by atoms with van der Waals surface area (Å²) < 4.78 is 6.07. The molecule has 0 aliphatic heterocycles. The van der Waals surface area contributed by atoms with Gasteiger partial charge >= 0.3 is 5.69 Å². The lowest BCUT2D eigenvalue weighted by Crippen LogP contribution is -2.17. The van der Waals surface area contributed by atoms with Crippen molar-refractivity contribution in [1.82, 2.24) is 5.32 Å². The molecular formula is C15H11BrN2O5. The van der Waals surface area contributed by atoms with Crippen LogP contribution in [-0.4, -0.2) is 24.2 Å². The smallest absolute Gasteiger partial charge is 0.312 e. The number of aldehydes is 1. The third kappa shape index (κ3) is 3.72. The molecule has 0 aliphatic rings. The summed E-state index contributed by atoms with van der Waals surface area (Å²) in [6.07, 6.45) is 0.639. The molecule has 0 heterocycles. The Morgan fingerprint density at radius 1 is 1.30 bits per heavy atom. The Morgan fingerprint density at radius 3 is 2.65 bits per heavy atom. The van der Waals surface area contributed by atoms with Crippen molar-refractivity contribution in [3.8, 4) is 11.5 Å². The van der Waals surface area contributed by atoms with Crippen LogP contribution in [0.2, 0.25) is 0 Å². The van der Waals surface area contributed by atoms with Gasteiger partial charge in [-0.15, -0.1) is 0 Å². The minimum absolute atomic E-state index is 0.0261. The summed E-state index contributed by atoms with van der Waals surface area (Å²) in [5.41, 5.74) is 0.157. The third-order valence-corrected chi connectivity index (χ3v) is 3.69. The maximum absolute atomic E-state index is 11.6. The van der Waals surface area contributed by atoms with Crippen LogP contribution >= 0.6 is 15.9 Å². The topological polar surface area (TPSA) is 98.5 Å². The standard InChI is InChI=1S/C15H11BrN2O5/c1-17-15(20)9-2-5-14(13(7-9)18(21)22)23-11-3-4-12(16)10(6-11)8-19/h2-8H,1H3,(H,17,20). The van der Waals surface area contributed by atoms with Gasteiger partial charge in [0.25, 0.3) is 5.91 Å². The number of rotatable bonds is 5. The zero-order valence-electron chi connectivity index (χ0n) is 11.9. The van der Waals surface area contributed by atoms with Gasteiger partial charge in [-0.05, 0) is 30.3 Å². The van der Waals surface area contributed by atoms with Crippen molar-refractivity contribution < 1.29 is 19.2 Å². The van der Waals surface area contributed by atoms with Gasteiger partial charge in [0.1, 0.15) is 5.75 Å². The summed E-state index contributed by atoms with van der Waals surface area (Å²) >= 11 is 3.21. The number of benzene rings is 2. The van der Waals surface area contributed by atoms with Crippen LogP contribution in [0.1, 0.15) is 20.7 Å². The molecule has 0 fully saturated rings. The predicted molar refractivity (Wildman–Crippen MR) is 86.1 cm³/mol. The number of nitrogens with zero attached hydrogens (tertiary/aromatic N) is 1. The Hall–Kier alpha value is -2.74. The number of carbonyl (C=O) groups is 2. The molecule has 0 radical (unpaired) electrons. The quantitative estimate of drug-likeness (QED) is 0.488. The Morgan fingerprint density at radius 2 is 2.04 bits per heavy atom. The molecule has 118 valence electrons. The number of hydrogen-bond donors (Lipinski definition) is 1. The Bertz CT molecular complexity index is 791. The first-order valence-corrected chi connectivity index (χ1v) is 7.18.